The van der Waals surface area contributed by atoms with Crippen LogP contribution in [-0.4, -0.2) is 21.8 Å². The minimum absolute atomic E-state index is 0.375. The minimum Gasteiger partial charge on any atom is -0.481 e. The van der Waals surface area contributed by atoms with Gasteiger partial charge in [0.15, 0.2) is 0 Å². The van der Waals surface area contributed by atoms with Crippen molar-refractivity contribution < 1.29 is 15.0 Å². The highest BCUT2D eigenvalue weighted by molar-refractivity contribution is 5.76. The predicted molar refractivity (Wildman–Crippen MR) is 67.8 cm³/mol. The van der Waals surface area contributed by atoms with Gasteiger partial charge in [-0.25, -0.2) is 0 Å². The van der Waals surface area contributed by atoms with E-state index in [2.05, 4.69) is 13.8 Å². The summed E-state index contributed by atoms with van der Waals surface area (Å²) in [7, 11) is 0. The summed E-state index contributed by atoms with van der Waals surface area (Å²) in [5.74, 6) is -0.0685. The molecule has 2 N–H and O–H groups in total. The van der Waals surface area contributed by atoms with E-state index in [4.69, 9.17) is 0 Å². The predicted octanol–water partition coefficient (Wildman–Crippen LogP) is 3.06. The van der Waals surface area contributed by atoms with Crippen LogP contribution in [0.1, 0.15) is 59.8 Å². The molecule has 3 nitrogen and oxygen atoms in total. The van der Waals surface area contributed by atoms with E-state index < -0.39 is 17.0 Å². The summed E-state index contributed by atoms with van der Waals surface area (Å²) in [6.45, 7) is 7.97. The van der Waals surface area contributed by atoms with Crippen LogP contribution in [-0.2, 0) is 4.79 Å². The van der Waals surface area contributed by atoms with Crippen LogP contribution in [0.15, 0.2) is 0 Å². The molecule has 0 saturated heterocycles. The van der Waals surface area contributed by atoms with Crippen LogP contribution in [0.25, 0.3) is 0 Å². The molecule has 0 heterocycles. The Labute approximate surface area is 104 Å². The first-order valence-corrected chi connectivity index (χ1v) is 6.77. The Bertz CT molecular complexity index is 271. The van der Waals surface area contributed by atoms with Gasteiger partial charge in [0.2, 0.25) is 0 Å². The first kappa shape index (κ1) is 14.5. The highest BCUT2D eigenvalue weighted by atomic mass is 16.4. The van der Waals surface area contributed by atoms with Gasteiger partial charge in [-0.05, 0) is 43.9 Å². The molecule has 100 valence electrons. The fraction of sp³-hybridized carbons (Fsp3) is 0.929. The molecule has 1 rings (SSSR count). The minimum atomic E-state index is -1.07. The zero-order valence-corrected chi connectivity index (χ0v) is 11.5. The molecule has 3 heteroatoms. The van der Waals surface area contributed by atoms with E-state index in [-0.39, 0.29) is 0 Å². The Morgan fingerprint density at radius 3 is 1.94 bits per heavy atom. The van der Waals surface area contributed by atoms with Crippen molar-refractivity contribution in [1.82, 2.24) is 0 Å². The maximum atomic E-state index is 11.8. The molecule has 1 fully saturated rings. The molecular formula is C14H26O3. The summed E-state index contributed by atoms with van der Waals surface area (Å²) >= 11 is 0. The van der Waals surface area contributed by atoms with Crippen LogP contribution >= 0.6 is 0 Å². The van der Waals surface area contributed by atoms with Crippen LogP contribution in [0.4, 0.5) is 0 Å². The maximum Gasteiger partial charge on any atom is 0.312 e. The van der Waals surface area contributed by atoms with Crippen LogP contribution in [0.3, 0.4) is 0 Å². The molecule has 1 saturated carbocycles. The second-order valence-corrected chi connectivity index (χ2v) is 5.98. The normalized spacial score (nSPS) is 34.6. The van der Waals surface area contributed by atoms with Gasteiger partial charge in [0.1, 0.15) is 0 Å². The van der Waals surface area contributed by atoms with E-state index in [1.807, 2.05) is 13.8 Å². The second kappa shape index (κ2) is 4.97. The summed E-state index contributed by atoms with van der Waals surface area (Å²) in [5, 5.41) is 20.4. The molecule has 2 unspecified atom stereocenters. The Kier molecular flexibility index (Phi) is 4.23. The summed E-state index contributed by atoms with van der Waals surface area (Å²) in [4.78, 5) is 11.8. The third-order valence-electron chi connectivity index (χ3n) is 4.67. The van der Waals surface area contributed by atoms with Crippen molar-refractivity contribution in [3.05, 3.63) is 0 Å². The number of hydrogen-bond acceptors (Lipinski definition) is 2. The van der Waals surface area contributed by atoms with Crippen molar-refractivity contribution in [3.63, 3.8) is 0 Å². The van der Waals surface area contributed by atoms with Crippen LogP contribution < -0.4 is 0 Å². The van der Waals surface area contributed by atoms with E-state index in [0.717, 1.165) is 6.42 Å². The van der Waals surface area contributed by atoms with Gasteiger partial charge in [-0.1, -0.05) is 27.7 Å². The first-order valence-electron chi connectivity index (χ1n) is 6.77. The lowest BCUT2D eigenvalue weighted by Gasteiger charge is -2.49. The first-order chi connectivity index (χ1) is 7.81. The molecule has 0 aromatic rings. The molecule has 0 aromatic carbocycles. The number of carbonyl (C=O) groups is 1. The second-order valence-electron chi connectivity index (χ2n) is 5.98. The van der Waals surface area contributed by atoms with Crippen molar-refractivity contribution in [2.45, 2.75) is 65.4 Å². The molecule has 0 radical (unpaired) electrons. The standard InChI is InChI=1S/C14H26O3/c1-5-14(17,6-2)13(12(15)16)8-10(3)7-11(4)9-13/h10-11,17H,5-9H2,1-4H3,(H,15,16). The molecular weight excluding hydrogens is 216 g/mol. The average molecular weight is 242 g/mol. The molecule has 0 aromatic heterocycles. The van der Waals surface area contributed by atoms with Crippen molar-refractivity contribution in [1.29, 1.82) is 0 Å². The zero-order chi connectivity index (χ0) is 13.3. The fourth-order valence-corrected chi connectivity index (χ4v) is 3.81. The Morgan fingerprint density at radius 2 is 1.65 bits per heavy atom. The lowest BCUT2D eigenvalue weighted by atomic mass is 9.57. The molecule has 0 amide bonds. The Hall–Kier alpha value is -0.570. The van der Waals surface area contributed by atoms with Crippen molar-refractivity contribution in [3.8, 4) is 0 Å². The highest BCUT2D eigenvalue weighted by Crippen LogP contribution is 2.51. The van der Waals surface area contributed by atoms with E-state index in [9.17, 15) is 15.0 Å². The van der Waals surface area contributed by atoms with Gasteiger partial charge in [0.05, 0.1) is 11.0 Å². The van der Waals surface area contributed by atoms with Gasteiger partial charge in [-0.2, -0.15) is 0 Å². The summed E-state index contributed by atoms with van der Waals surface area (Å²) < 4.78 is 0. The molecule has 1 aliphatic carbocycles. The third kappa shape index (κ3) is 2.35. The molecule has 2 atom stereocenters. The van der Waals surface area contributed by atoms with Crippen molar-refractivity contribution in [2.24, 2.45) is 17.3 Å². The third-order valence-corrected chi connectivity index (χ3v) is 4.67. The van der Waals surface area contributed by atoms with Gasteiger partial charge < -0.3 is 10.2 Å². The highest BCUT2D eigenvalue weighted by Gasteiger charge is 2.56. The SMILES string of the molecule is CCC(O)(CC)C1(C(=O)O)CC(C)CC(C)C1. The molecule has 0 spiro atoms. The number of rotatable bonds is 4. The van der Waals surface area contributed by atoms with Gasteiger partial charge in [0, 0.05) is 0 Å². The van der Waals surface area contributed by atoms with E-state index in [0.29, 0.717) is 37.5 Å². The largest absolute Gasteiger partial charge is 0.481 e. The summed E-state index contributed by atoms with van der Waals surface area (Å²) in [6, 6.07) is 0. The van der Waals surface area contributed by atoms with E-state index in [1.54, 1.807) is 0 Å². The number of hydrogen-bond donors (Lipinski definition) is 2. The Morgan fingerprint density at radius 1 is 1.24 bits per heavy atom. The van der Waals surface area contributed by atoms with Gasteiger partial charge in [-0.3, -0.25) is 4.79 Å². The summed E-state index contributed by atoms with van der Waals surface area (Å²) in [6.07, 6.45) is 3.29. The van der Waals surface area contributed by atoms with Crippen LogP contribution in [0.5, 0.6) is 0 Å². The van der Waals surface area contributed by atoms with E-state index in [1.165, 1.54) is 0 Å². The fourth-order valence-electron chi connectivity index (χ4n) is 3.81. The Balaban J connectivity index is 3.17. The summed E-state index contributed by atoms with van der Waals surface area (Å²) in [5.41, 5.74) is -2.02. The average Bonchev–Trinajstić information content (AvgIpc) is 2.26. The number of carboxylic acid groups (broad SMARTS) is 1. The quantitative estimate of drug-likeness (QED) is 0.796. The lowest BCUT2D eigenvalue weighted by molar-refractivity contribution is -0.182. The van der Waals surface area contributed by atoms with Crippen molar-refractivity contribution in [2.75, 3.05) is 0 Å². The zero-order valence-electron chi connectivity index (χ0n) is 11.5. The smallest absolute Gasteiger partial charge is 0.312 e. The number of aliphatic carboxylic acids is 1. The van der Waals surface area contributed by atoms with Gasteiger partial charge >= 0.3 is 5.97 Å². The van der Waals surface area contributed by atoms with Crippen LogP contribution in [0, 0.1) is 17.3 Å². The van der Waals surface area contributed by atoms with Gasteiger partial charge in [0.25, 0.3) is 0 Å². The van der Waals surface area contributed by atoms with E-state index >= 15 is 0 Å². The van der Waals surface area contributed by atoms with Crippen molar-refractivity contribution >= 4 is 5.97 Å². The van der Waals surface area contributed by atoms with Gasteiger partial charge in [-0.15, -0.1) is 0 Å². The molecule has 1 aliphatic rings. The molecule has 0 bridgehead atoms. The molecule has 0 aliphatic heterocycles. The molecule has 17 heavy (non-hydrogen) atoms. The topological polar surface area (TPSA) is 57.5 Å². The van der Waals surface area contributed by atoms with Crippen LogP contribution in [0.2, 0.25) is 0 Å². The maximum absolute atomic E-state index is 11.8. The number of carboxylic acids is 1. The number of aliphatic hydroxyl groups is 1. The monoisotopic (exact) mass is 242 g/mol. The lowest BCUT2D eigenvalue weighted by Crippen LogP contribution is -2.56.